The van der Waals surface area contributed by atoms with E-state index in [-0.39, 0.29) is 4.90 Å². The van der Waals surface area contributed by atoms with Gasteiger partial charge in [0, 0.05) is 17.9 Å². The van der Waals surface area contributed by atoms with Gasteiger partial charge in [0.25, 0.3) is 0 Å². The van der Waals surface area contributed by atoms with Crippen LogP contribution in [0.3, 0.4) is 0 Å². The third-order valence-corrected chi connectivity index (χ3v) is 3.82. The van der Waals surface area contributed by atoms with Crippen molar-refractivity contribution in [3.05, 3.63) is 17.7 Å². The van der Waals surface area contributed by atoms with Crippen molar-refractivity contribution in [3.63, 3.8) is 0 Å². The van der Waals surface area contributed by atoms with E-state index in [1.807, 2.05) is 0 Å². The highest BCUT2D eigenvalue weighted by atomic mass is 32.2. The van der Waals surface area contributed by atoms with Gasteiger partial charge in [-0.3, -0.25) is 0 Å². The molecule has 6 heteroatoms. The lowest BCUT2D eigenvalue weighted by atomic mass is 10.1. The Kier molecular flexibility index (Phi) is 4.98. The number of hydrogen-bond donors (Lipinski definition) is 3. The number of benzene rings is 1. The van der Waals surface area contributed by atoms with Crippen LogP contribution < -0.4 is 16.2 Å². The molecule has 0 fully saturated rings. The van der Waals surface area contributed by atoms with Gasteiger partial charge in [-0.1, -0.05) is 19.8 Å². The zero-order chi connectivity index (χ0) is 13.8. The van der Waals surface area contributed by atoms with Crippen molar-refractivity contribution in [1.82, 2.24) is 0 Å². The van der Waals surface area contributed by atoms with Crippen molar-refractivity contribution in [3.8, 4) is 0 Å². The normalized spacial score (nSPS) is 11.5. The Hall–Kier alpha value is -1.27. The van der Waals surface area contributed by atoms with E-state index in [1.165, 1.54) is 6.07 Å². The summed E-state index contributed by atoms with van der Waals surface area (Å²) in [4.78, 5) is 0.0838. The van der Waals surface area contributed by atoms with Gasteiger partial charge >= 0.3 is 0 Å². The van der Waals surface area contributed by atoms with Gasteiger partial charge < -0.3 is 11.1 Å². The van der Waals surface area contributed by atoms with E-state index >= 15 is 0 Å². The van der Waals surface area contributed by atoms with Gasteiger partial charge in [0.15, 0.2) is 0 Å². The summed E-state index contributed by atoms with van der Waals surface area (Å²) in [6.07, 6.45) is 3.31. The first-order valence-electron chi connectivity index (χ1n) is 6.03. The molecule has 1 rings (SSSR count). The third kappa shape index (κ3) is 3.89. The summed E-state index contributed by atoms with van der Waals surface area (Å²) in [5, 5.41) is 8.36. The molecule has 18 heavy (non-hydrogen) atoms. The molecule has 0 spiro atoms. The second kappa shape index (κ2) is 6.06. The standard InChI is InChI=1S/C12H21N3O2S/c1-3-4-5-6-15-11-7-10(13)8-12(9(11)2)18(14,16)17/h7-8,15H,3-6,13H2,1-2H3,(H2,14,16,17). The molecule has 0 heterocycles. The van der Waals surface area contributed by atoms with Crippen LogP contribution >= 0.6 is 0 Å². The fourth-order valence-corrected chi connectivity index (χ4v) is 2.62. The summed E-state index contributed by atoms with van der Waals surface area (Å²) in [5.74, 6) is 0. The smallest absolute Gasteiger partial charge is 0.238 e. The molecule has 0 aromatic heterocycles. The molecule has 1 aromatic rings. The number of unbranched alkanes of at least 4 members (excludes halogenated alkanes) is 2. The van der Waals surface area contributed by atoms with Crippen molar-refractivity contribution in [1.29, 1.82) is 0 Å². The second-order valence-corrected chi connectivity index (χ2v) is 5.90. The molecule has 0 radical (unpaired) electrons. The number of rotatable bonds is 6. The van der Waals surface area contributed by atoms with Gasteiger partial charge in [-0.05, 0) is 31.0 Å². The molecule has 0 amide bonds. The van der Waals surface area contributed by atoms with Crippen molar-refractivity contribution >= 4 is 21.4 Å². The molecule has 1 aromatic carbocycles. The summed E-state index contributed by atoms with van der Waals surface area (Å²) in [6, 6.07) is 3.12. The van der Waals surface area contributed by atoms with Crippen LogP contribution in [0.25, 0.3) is 0 Å². The van der Waals surface area contributed by atoms with E-state index in [0.29, 0.717) is 11.3 Å². The summed E-state index contributed by atoms with van der Waals surface area (Å²) < 4.78 is 22.9. The summed E-state index contributed by atoms with van der Waals surface area (Å²) in [7, 11) is -3.73. The average molecular weight is 271 g/mol. The Labute approximate surface area is 109 Å². The van der Waals surface area contributed by atoms with E-state index in [9.17, 15) is 8.42 Å². The number of nitrogen functional groups attached to an aromatic ring is 1. The molecule has 0 aliphatic heterocycles. The maximum Gasteiger partial charge on any atom is 0.238 e. The van der Waals surface area contributed by atoms with E-state index in [0.717, 1.165) is 31.5 Å². The van der Waals surface area contributed by atoms with Crippen LogP contribution in [0.15, 0.2) is 17.0 Å². The molecular weight excluding hydrogens is 250 g/mol. The topological polar surface area (TPSA) is 98.2 Å². The molecule has 102 valence electrons. The number of primary sulfonamides is 1. The van der Waals surface area contributed by atoms with Crippen LogP contribution in [-0.2, 0) is 10.0 Å². The highest BCUT2D eigenvalue weighted by Gasteiger charge is 2.15. The maximum atomic E-state index is 11.4. The molecule has 5 N–H and O–H groups in total. The number of anilines is 2. The lowest BCUT2D eigenvalue weighted by molar-refractivity contribution is 0.597. The Morgan fingerprint density at radius 3 is 2.50 bits per heavy atom. The highest BCUT2D eigenvalue weighted by molar-refractivity contribution is 7.89. The lowest BCUT2D eigenvalue weighted by Crippen LogP contribution is -2.15. The summed E-state index contributed by atoms with van der Waals surface area (Å²) >= 11 is 0. The van der Waals surface area contributed by atoms with Crippen LogP contribution in [0, 0.1) is 6.92 Å². The number of sulfonamides is 1. The van der Waals surface area contributed by atoms with Crippen molar-refractivity contribution < 1.29 is 8.42 Å². The van der Waals surface area contributed by atoms with Crippen molar-refractivity contribution in [2.75, 3.05) is 17.6 Å². The number of nitrogens with one attached hydrogen (secondary N) is 1. The largest absolute Gasteiger partial charge is 0.399 e. The minimum atomic E-state index is -3.73. The molecule has 0 bridgehead atoms. The molecular formula is C12H21N3O2S. The van der Waals surface area contributed by atoms with Gasteiger partial charge in [-0.15, -0.1) is 0 Å². The maximum absolute atomic E-state index is 11.4. The fourth-order valence-electron chi connectivity index (χ4n) is 1.79. The van der Waals surface area contributed by atoms with E-state index in [4.69, 9.17) is 10.9 Å². The first-order valence-corrected chi connectivity index (χ1v) is 7.57. The molecule has 0 saturated carbocycles. The molecule has 0 aliphatic rings. The van der Waals surface area contributed by atoms with E-state index < -0.39 is 10.0 Å². The summed E-state index contributed by atoms with van der Waals surface area (Å²) in [6.45, 7) is 4.65. The van der Waals surface area contributed by atoms with Crippen molar-refractivity contribution in [2.45, 2.75) is 38.0 Å². The Morgan fingerprint density at radius 2 is 1.94 bits per heavy atom. The van der Waals surface area contributed by atoms with Gasteiger partial charge in [-0.25, -0.2) is 13.6 Å². The quantitative estimate of drug-likeness (QED) is 0.543. The molecule has 5 nitrogen and oxygen atoms in total. The minimum Gasteiger partial charge on any atom is -0.399 e. The van der Waals surface area contributed by atoms with Crippen LogP contribution in [0.4, 0.5) is 11.4 Å². The molecule has 0 unspecified atom stereocenters. The number of nitrogens with two attached hydrogens (primary N) is 2. The van der Waals surface area contributed by atoms with Gasteiger partial charge in [0.2, 0.25) is 10.0 Å². The number of hydrogen-bond acceptors (Lipinski definition) is 4. The Bertz CT molecular complexity index is 512. The van der Waals surface area contributed by atoms with Crippen molar-refractivity contribution in [2.24, 2.45) is 5.14 Å². The highest BCUT2D eigenvalue weighted by Crippen LogP contribution is 2.26. The predicted molar refractivity (Wildman–Crippen MR) is 75.0 cm³/mol. The van der Waals surface area contributed by atoms with E-state index in [1.54, 1.807) is 13.0 Å². The first kappa shape index (κ1) is 14.8. The van der Waals surface area contributed by atoms with Crippen LogP contribution in [0.2, 0.25) is 0 Å². The zero-order valence-electron chi connectivity index (χ0n) is 10.9. The molecule has 0 atom stereocenters. The monoisotopic (exact) mass is 271 g/mol. The molecule has 0 saturated heterocycles. The Balaban J connectivity index is 2.96. The van der Waals surface area contributed by atoms with Gasteiger partial charge in [-0.2, -0.15) is 0 Å². The summed E-state index contributed by atoms with van der Waals surface area (Å²) in [5.41, 5.74) is 7.43. The third-order valence-electron chi connectivity index (χ3n) is 2.78. The van der Waals surface area contributed by atoms with Crippen LogP contribution in [-0.4, -0.2) is 15.0 Å². The fraction of sp³-hybridized carbons (Fsp3) is 0.500. The van der Waals surface area contributed by atoms with Gasteiger partial charge in [0.1, 0.15) is 0 Å². The zero-order valence-corrected chi connectivity index (χ0v) is 11.7. The minimum absolute atomic E-state index is 0.0838. The van der Waals surface area contributed by atoms with E-state index in [2.05, 4.69) is 12.2 Å². The first-order chi connectivity index (χ1) is 8.36. The Morgan fingerprint density at radius 1 is 1.28 bits per heavy atom. The lowest BCUT2D eigenvalue weighted by Gasteiger charge is -2.13. The average Bonchev–Trinajstić information content (AvgIpc) is 2.27. The van der Waals surface area contributed by atoms with Crippen LogP contribution in [0.5, 0.6) is 0 Å². The molecule has 0 aliphatic carbocycles. The SMILES string of the molecule is CCCCCNc1cc(N)cc(S(N)(=O)=O)c1C. The predicted octanol–water partition coefficient (Wildman–Crippen LogP) is 1.83. The van der Waals surface area contributed by atoms with Crippen LogP contribution in [0.1, 0.15) is 31.7 Å². The second-order valence-electron chi connectivity index (χ2n) is 4.37. The van der Waals surface area contributed by atoms with Gasteiger partial charge in [0.05, 0.1) is 4.90 Å².